The lowest BCUT2D eigenvalue weighted by Gasteiger charge is -2.12. The van der Waals surface area contributed by atoms with Crippen molar-refractivity contribution in [2.75, 3.05) is 32.1 Å². The Morgan fingerprint density at radius 2 is 1.81 bits per heavy atom. The van der Waals surface area contributed by atoms with Crippen LogP contribution in [0, 0.1) is 0 Å². The van der Waals surface area contributed by atoms with Gasteiger partial charge in [0.2, 0.25) is 10.0 Å². The number of hydrogen-bond donors (Lipinski definition) is 2. The van der Waals surface area contributed by atoms with Gasteiger partial charge in [0, 0.05) is 18.6 Å². The van der Waals surface area contributed by atoms with Gasteiger partial charge in [-0.05, 0) is 48.2 Å². The molecule has 1 heterocycles. The highest BCUT2D eigenvalue weighted by Crippen LogP contribution is 2.36. The van der Waals surface area contributed by atoms with Crippen molar-refractivity contribution in [2.45, 2.75) is 31.3 Å². The summed E-state index contributed by atoms with van der Waals surface area (Å²) in [6.45, 7) is 5.87. The Morgan fingerprint density at radius 3 is 2.47 bits per heavy atom. The third-order valence-corrected chi connectivity index (χ3v) is 7.64. The molecule has 0 amide bonds. The van der Waals surface area contributed by atoms with E-state index in [1.165, 1.54) is 14.2 Å². The van der Waals surface area contributed by atoms with E-state index in [2.05, 4.69) is 21.2 Å². The van der Waals surface area contributed by atoms with Gasteiger partial charge in [-0.2, -0.15) is 0 Å². The molecular formula is C23H29N3O8S2. The van der Waals surface area contributed by atoms with Gasteiger partial charge in [0.1, 0.15) is 21.8 Å². The number of aromatic nitrogens is 1. The van der Waals surface area contributed by atoms with E-state index in [9.17, 15) is 16.8 Å². The van der Waals surface area contributed by atoms with Crippen LogP contribution < -0.4 is 18.9 Å². The van der Waals surface area contributed by atoms with Crippen molar-refractivity contribution in [1.29, 1.82) is 0 Å². The van der Waals surface area contributed by atoms with Crippen molar-refractivity contribution in [1.82, 2.24) is 9.88 Å². The monoisotopic (exact) mass is 539 g/mol. The first-order valence-corrected chi connectivity index (χ1v) is 14.0. The summed E-state index contributed by atoms with van der Waals surface area (Å²) in [7, 11) is -4.67. The third-order valence-electron chi connectivity index (χ3n) is 5.23. The molecule has 196 valence electrons. The lowest BCUT2D eigenvalue weighted by molar-refractivity contribution is 0.119. The Bertz CT molecular complexity index is 1430. The molecule has 3 aromatic rings. The van der Waals surface area contributed by atoms with Gasteiger partial charge in [-0.15, -0.1) is 0 Å². The normalized spacial score (nSPS) is 12.0. The second-order valence-electron chi connectivity index (χ2n) is 7.66. The molecule has 2 aromatic carbocycles. The van der Waals surface area contributed by atoms with Gasteiger partial charge in [0.25, 0.3) is 10.0 Å². The Labute approximate surface area is 210 Å². The highest BCUT2D eigenvalue weighted by molar-refractivity contribution is 7.93. The summed E-state index contributed by atoms with van der Waals surface area (Å²) in [5, 5.41) is 5.11. The summed E-state index contributed by atoms with van der Waals surface area (Å²) in [6, 6.07) is 8.32. The van der Waals surface area contributed by atoms with Crippen LogP contribution in [0.3, 0.4) is 0 Å². The van der Waals surface area contributed by atoms with Gasteiger partial charge in [0.05, 0.1) is 20.8 Å². The molecule has 0 fully saturated rings. The first-order valence-electron chi connectivity index (χ1n) is 11.0. The Hall–Kier alpha value is -3.13. The number of methoxy groups -OCH3 is 2. The fraction of sp³-hybridized carbons (Fsp3) is 0.348. The number of rotatable bonds is 14. The zero-order valence-corrected chi connectivity index (χ0v) is 21.9. The minimum Gasteiger partial charge on any atom is -0.496 e. The fourth-order valence-electron chi connectivity index (χ4n) is 3.37. The lowest BCUT2D eigenvalue weighted by atomic mass is 10.1. The zero-order chi connectivity index (χ0) is 26.3. The molecule has 0 saturated heterocycles. The molecule has 2 N–H and O–H groups in total. The summed E-state index contributed by atoms with van der Waals surface area (Å²) in [4.78, 5) is -0.0140. The zero-order valence-electron chi connectivity index (χ0n) is 20.2. The molecule has 1 aromatic heterocycles. The second kappa shape index (κ2) is 11.7. The number of aryl methyl sites for hydroxylation is 1. The predicted octanol–water partition coefficient (Wildman–Crippen LogP) is 3.18. The van der Waals surface area contributed by atoms with E-state index in [0.717, 1.165) is 11.0 Å². The highest BCUT2D eigenvalue weighted by atomic mass is 32.2. The Kier molecular flexibility index (Phi) is 8.95. The van der Waals surface area contributed by atoms with E-state index in [4.69, 9.17) is 18.7 Å². The molecule has 0 spiro atoms. The molecular weight excluding hydrogens is 510 g/mol. The number of anilines is 1. The van der Waals surface area contributed by atoms with Gasteiger partial charge in [-0.1, -0.05) is 24.7 Å². The number of hydrogen-bond acceptors (Lipinski definition) is 9. The number of benzene rings is 2. The van der Waals surface area contributed by atoms with Crippen LogP contribution in [0.5, 0.6) is 11.5 Å². The number of nitrogens with zero attached hydrogens (tertiary/aromatic N) is 1. The topological polar surface area (TPSA) is 146 Å². The molecule has 3 rings (SSSR count). The summed E-state index contributed by atoms with van der Waals surface area (Å²) in [5.74, 6) is 0.530. The first kappa shape index (κ1) is 27.5. The van der Waals surface area contributed by atoms with Crippen molar-refractivity contribution in [2.24, 2.45) is 0 Å². The SMILES string of the molecule is C=CS(=O)(=O)NCCCOCc1cc(OC)c2c(NS(=O)(=O)c3cc(CC)ccc3OC)noc2c1. The van der Waals surface area contributed by atoms with Gasteiger partial charge >= 0.3 is 0 Å². The van der Waals surface area contributed by atoms with Gasteiger partial charge in [-0.3, -0.25) is 4.72 Å². The number of sulfonamides is 2. The van der Waals surface area contributed by atoms with E-state index < -0.39 is 20.0 Å². The highest BCUT2D eigenvalue weighted by Gasteiger charge is 2.25. The van der Waals surface area contributed by atoms with E-state index in [0.29, 0.717) is 41.7 Å². The van der Waals surface area contributed by atoms with E-state index in [-0.39, 0.29) is 29.6 Å². The average molecular weight is 540 g/mol. The molecule has 0 unspecified atom stereocenters. The van der Waals surface area contributed by atoms with Crippen LogP contribution in [0.1, 0.15) is 24.5 Å². The molecule has 13 heteroatoms. The summed E-state index contributed by atoms with van der Waals surface area (Å²) in [5.41, 5.74) is 1.84. The predicted molar refractivity (Wildman–Crippen MR) is 135 cm³/mol. The number of nitrogens with one attached hydrogen (secondary N) is 2. The van der Waals surface area contributed by atoms with Crippen molar-refractivity contribution in [3.63, 3.8) is 0 Å². The minimum atomic E-state index is -4.05. The largest absolute Gasteiger partial charge is 0.496 e. The molecule has 0 bridgehead atoms. The minimum absolute atomic E-state index is 0.0140. The maximum atomic E-state index is 13.2. The van der Waals surface area contributed by atoms with Crippen LogP contribution in [-0.4, -0.2) is 49.4 Å². The maximum Gasteiger partial charge on any atom is 0.266 e. The van der Waals surface area contributed by atoms with Crippen LogP contribution in [0.2, 0.25) is 0 Å². The Morgan fingerprint density at radius 1 is 1.06 bits per heavy atom. The molecule has 0 aliphatic carbocycles. The quantitative estimate of drug-likeness (QED) is 0.295. The number of ether oxygens (including phenoxy) is 3. The molecule has 0 atom stereocenters. The average Bonchev–Trinajstić information content (AvgIpc) is 3.26. The van der Waals surface area contributed by atoms with Gasteiger partial charge in [-0.25, -0.2) is 21.6 Å². The van der Waals surface area contributed by atoms with Crippen LogP contribution in [-0.2, 0) is 37.8 Å². The van der Waals surface area contributed by atoms with Crippen LogP contribution in [0.15, 0.2) is 51.7 Å². The number of fused-ring (bicyclic) bond motifs is 1. The fourth-order valence-corrected chi connectivity index (χ4v) is 5.15. The van der Waals surface area contributed by atoms with Crippen molar-refractivity contribution < 1.29 is 35.6 Å². The van der Waals surface area contributed by atoms with Gasteiger partial charge in [0.15, 0.2) is 11.4 Å². The van der Waals surface area contributed by atoms with Crippen LogP contribution in [0.25, 0.3) is 11.0 Å². The van der Waals surface area contributed by atoms with Crippen molar-refractivity contribution >= 4 is 36.8 Å². The van der Waals surface area contributed by atoms with Crippen LogP contribution >= 0.6 is 0 Å². The maximum absolute atomic E-state index is 13.2. The summed E-state index contributed by atoms with van der Waals surface area (Å²) >= 11 is 0. The molecule has 0 aliphatic rings. The summed E-state index contributed by atoms with van der Waals surface area (Å²) in [6.07, 6.45) is 1.12. The van der Waals surface area contributed by atoms with Crippen molar-refractivity contribution in [3.8, 4) is 11.5 Å². The summed E-state index contributed by atoms with van der Waals surface area (Å²) < 4.78 is 75.6. The third kappa shape index (κ3) is 6.55. The van der Waals surface area contributed by atoms with E-state index in [1.54, 1.807) is 30.3 Å². The molecule has 36 heavy (non-hydrogen) atoms. The van der Waals surface area contributed by atoms with Crippen LogP contribution in [0.4, 0.5) is 5.82 Å². The Balaban J connectivity index is 1.76. The lowest BCUT2D eigenvalue weighted by Crippen LogP contribution is -2.23. The molecule has 0 saturated carbocycles. The van der Waals surface area contributed by atoms with E-state index >= 15 is 0 Å². The standard InChI is InChI=1S/C23H29N3O8S2/c1-5-16-8-9-18(31-3)21(14-16)36(29,30)26-23-22-19(32-4)12-17(13-20(22)34-25-23)15-33-11-7-10-24-35(27,28)6-2/h6,8-9,12-14,24H,2,5,7,10-11,15H2,1,3-4H3,(H,25,26). The van der Waals surface area contributed by atoms with E-state index in [1.807, 2.05) is 6.92 Å². The first-order chi connectivity index (χ1) is 17.1. The van der Waals surface area contributed by atoms with Crippen molar-refractivity contribution in [3.05, 3.63) is 53.4 Å². The molecule has 0 radical (unpaired) electrons. The smallest absolute Gasteiger partial charge is 0.266 e. The molecule has 0 aliphatic heterocycles. The van der Waals surface area contributed by atoms with Gasteiger partial charge < -0.3 is 18.7 Å². The second-order valence-corrected chi connectivity index (χ2v) is 11.0. The molecule has 11 nitrogen and oxygen atoms in total.